The lowest BCUT2D eigenvalue weighted by Gasteiger charge is -2.34. The Morgan fingerprint density at radius 1 is 1.32 bits per heavy atom. The van der Waals surface area contributed by atoms with E-state index in [1.54, 1.807) is 0 Å². The van der Waals surface area contributed by atoms with E-state index in [9.17, 15) is 9.90 Å². The molecular formula is C14H24N2O3. The van der Waals surface area contributed by atoms with Crippen LogP contribution >= 0.6 is 0 Å². The number of piperidine rings is 1. The molecular weight excluding hydrogens is 244 g/mol. The van der Waals surface area contributed by atoms with Crippen molar-refractivity contribution in [1.82, 2.24) is 10.2 Å². The van der Waals surface area contributed by atoms with E-state index in [0.29, 0.717) is 12.0 Å². The SMILES string of the molecule is CC(O)C1CCN(C(=O)NC2CC3CCC2O3)CC1. The summed E-state index contributed by atoms with van der Waals surface area (Å²) in [7, 11) is 0. The zero-order chi connectivity index (χ0) is 13.4. The van der Waals surface area contributed by atoms with E-state index in [2.05, 4.69) is 5.32 Å². The van der Waals surface area contributed by atoms with Gasteiger partial charge in [0.2, 0.25) is 0 Å². The van der Waals surface area contributed by atoms with Gasteiger partial charge in [-0.15, -0.1) is 0 Å². The molecule has 0 aromatic rings. The monoisotopic (exact) mass is 268 g/mol. The summed E-state index contributed by atoms with van der Waals surface area (Å²) in [5.74, 6) is 0.342. The van der Waals surface area contributed by atoms with Gasteiger partial charge < -0.3 is 20.1 Å². The first-order valence-corrected chi connectivity index (χ1v) is 7.52. The van der Waals surface area contributed by atoms with Crippen molar-refractivity contribution in [2.24, 2.45) is 5.92 Å². The summed E-state index contributed by atoms with van der Waals surface area (Å²) >= 11 is 0. The van der Waals surface area contributed by atoms with Crippen LogP contribution in [-0.2, 0) is 4.74 Å². The van der Waals surface area contributed by atoms with Crippen molar-refractivity contribution in [2.45, 2.75) is 63.4 Å². The van der Waals surface area contributed by atoms with E-state index >= 15 is 0 Å². The molecule has 0 spiro atoms. The number of aliphatic hydroxyl groups is 1. The molecule has 0 aliphatic carbocycles. The number of aliphatic hydroxyl groups excluding tert-OH is 1. The van der Waals surface area contributed by atoms with E-state index in [1.807, 2.05) is 11.8 Å². The number of hydrogen-bond acceptors (Lipinski definition) is 3. The van der Waals surface area contributed by atoms with Crippen molar-refractivity contribution in [1.29, 1.82) is 0 Å². The van der Waals surface area contributed by atoms with Crippen LogP contribution in [0, 0.1) is 5.92 Å². The number of urea groups is 1. The molecule has 3 heterocycles. The lowest BCUT2D eigenvalue weighted by Crippen LogP contribution is -2.51. The van der Waals surface area contributed by atoms with Crippen LogP contribution in [0.3, 0.4) is 0 Å². The maximum Gasteiger partial charge on any atom is 0.317 e. The number of ether oxygens (including phenoxy) is 1. The first-order valence-electron chi connectivity index (χ1n) is 7.52. The molecule has 4 unspecified atom stereocenters. The smallest absolute Gasteiger partial charge is 0.317 e. The summed E-state index contributed by atoms with van der Waals surface area (Å²) < 4.78 is 5.76. The highest BCUT2D eigenvalue weighted by Crippen LogP contribution is 2.34. The minimum atomic E-state index is -0.260. The molecule has 5 nitrogen and oxygen atoms in total. The average molecular weight is 268 g/mol. The van der Waals surface area contributed by atoms with Gasteiger partial charge in [-0.2, -0.15) is 0 Å². The van der Waals surface area contributed by atoms with Crippen LogP contribution in [-0.4, -0.2) is 53.5 Å². The Labute approximate surface area is 114 Å². The number of nitrogens with zero attached hydrogens (tertiary/aromatic N) is 1. The predicted octanol–water partition coefficient (Wildman–Crippen LogP) is 1.11. The van der Waals surface area contributed by atoms with Crippen LogP contribution in [0.25, 0.3) is 0 Å². The fraction of sp³-hybridized carbons (Fsp3) is 0.929. The highest BCUT2D eigenvalue weighted by atomic mass is 16.5. The molecule has 0 radical (unpaired) electrons. The highest BCUT2D eigenvalue weighted by Gasteiger charge is 2.42. The molecule has 3 fully saturated rings. The van der Waals surface area contributed by atoms with E-state index < -0.39 is 0 Å². The van der Waals surface area contributed by atoms with E-state index in [-0.39, 0.29) is 24.3 Å². The maximum atomic E-state index is 12.2. The number of carbonyl (C=O) groups is 1. The van der Waals surface area contributed by atoms with Gasteiger partial charge in [-0.25, -0.2) is 4.79 Å². The Hall–Kier alpha value is -0.810. The first-order chi connectivity index (χ1) is 9.13. The number of amides is 2. The molecule has 108 valence electrons. The van der Waals surface area contributed by atoms with Crippen molar-refractivity contribution >= 4 is 6.03 Å². The third kappa shape index (κ3) is 2.72. The number of fused-ring (bicyclic) bond motifs is 2. The lowest BCUT2D eigenvalue weighted by atomic mass is 9.92. The number of nitrogens with one attached hydrogen (secondary N) is 1. The number of hydrogen-bond donors (Lipinski definition) is 2. The second kappa shape index (κ2) is 5.29. The molecule has 2 bridgehead atoms. The van der Waals surface area contributed by atoms with Gasteiger partial charge in [0, 0.05) is 13.1 Å². The quantitative estimate of drug-likeness (QED) is 0.788. The standard InChI is InChI=1S/C14H24N2O3/c1-9(17)10-4-6-16(7-5-10)14(18)15-12-8-11-2-3-13(12)19-11/h9-13,17H,2-8H2,1H3,(H,15,18). The Morgan fingerprint density at radius 3 is 2.58 bits per heavy atom. The van der Waals surface area contributed by atoms with Crippen molar-refractivity contribution < 1.29 is 14.6 Å². The molecule has 0 aromatic heterocycles. The fourth-order valence-electron chi connectivity index (χ4n) is 3.62. The van der Waals surface area contributed by atoms with Crippen molar-refractivity contribution in [2.75, 3.05) is 13.1 Å². The lowest BCUT2D eigenvalue weighted by molar-refractivity contribution is 0.0770. The second-order valence-electron chi connectivity index (χ2n) is 6.23. The van der Waals surface area contributed by atoms with Gasteiger partial charge in [0.05, 0.1) is 24.4 Å². The zero-order valence-corrected chi connectivity index (χ0v) is 11.5. The van der Waals surface area contributed by atoms with Gasteiger partial charge in [0.15, 0.2) is 0 Å². The fourth-order valence-corrected chi connectivity index (χ4v) is 3.62. The van der Waals surface area contributed by atoms with Crippen LogP contribution in [0.4, 0.5) is 4.79 Å². The Kier molecular flexibility index (Phi) is 3.67. The van der Waals surface area contributed by atoms with Gasteiger partial charge in [0.25, 0.3) is 0 Å². The molecule has 5 heteroatoms. The van der Waals surface area contributed by atoms with E-state index in [4.69, 9.17) is 4.74 Å². The summed E-state index contributed by atoms with van der Waals surface area (Å²) in [6.07, 6.45) is 5.36. The Bertz CT molecular complexity index is 340. The summed E-state index contributed by atoms with van der Waals surface area (Å²) in [4.78, 5) is 14.1. The summed E-state index contributed by atoms with van der Waals surface area (Å²) in [5.41, 5.74) is 0. The Morgan fingerprint density at radius 2 is 2.05 bits per heavy atom. The number of rotatable bonds is 2. The largest absolute Gasteiger partial charge is 0.393 e. The Balaban J connectivity index is 1.46. The highest BCUT2D eigenvalue weighted by molar-refractivity contribution is 5.74. The summed E-state index contributed by atoms with van der Waals surface area (Å²) in [5, 5.41) is 12.7. The molecule has 3 aliphatic rings. The molecule has 4 atom stereocenters. The second-order valence-corrected chi connectivity index (χ2v) is 6.23. The number of likely N-dealkylation sites (tertiary alicyclic amines) is 1. The molecule has 3 rings (SSSR count). The first kappa shape index (κ1) is 13.2. The van der Waals surface area contributed by atoms with Crippen LogP contribution in [0.15, 0.2) is 0 Å². The molecule has 0 saturated carbocycles. The van der Waals surface area contributed by atoms with Crippen LogP contribution in [0.2, 0.25) is 0 Å². The minimum absolute atomic E-state index is 0.0465. The van der Waals surface area contributed by atoms with Gasteiger partial charge in [-0.3, -0.25) is 0 Å². The molecule has 3 saturated heterocycles. The molecule has 19 heavy (non-hydrogen) atoms. The third-order valence-corrected chi connectivity index (χ3v) is 4.92. The molecule has 0 aromatic carbocycles. The molecule has 2 amide bonds. The summed E-state index contributed by atoms with van der Waals surface area (Å²) in [6.45, 7) is 3.35. The van der Waals surface area contributed by atoms with Crippen LogP contribution in [0.1, 0.15) is 39.0 Å². The normalized spacial score (nSPS) is 36.5. The maximum absolute atomic E-state index is 12.2. The van der Waals surface area contributed by atoms with Crippen LogP contribution in [0.5, 0.6) is 0 Å². The minimum Gasteiger partial charge on any atom is -0.393 e. The van der Waals surface area contributed by atoms with Gasteiger partial charge in [-0.05, 0) is 44.9 Å². The van der Waals surface area contributed by atoms with Gasteiger partial charge in [0.1, 0.15) is 0 Å². The third-order valence-electron chi connectivity index (χ3n) is 4.92. The van der Waals surface area contributed by atoms with Gasteiger partial charge in [-0.1, -0.05) is 0 Å². The van der Waals surface area contributed by atoms with E-state index in [0.717, 1.165) is 45.2 Å². The summed E-state index contributed by atoms with van der Waals surface area (Å²) in [6, 6.07) is 0.255. The molecule has 2 N–H and O–H groups in total. The van der Waals surface area contributed by atoms with Crippen molar-refractivity contribution in [3.05, 3.63) is 0 Å². The average Bonchev–Trinajstić information content (AvgIpc) is 3.01. The zero-order valence-electron chi connectivity index (χ0n) is 11.5. The van der Waals surface area contributed by atoms with Crippen molar-refractivity contribution in [3.63, 3.8) is 0 Å². The van der Waals surface area contributed by atoms with Gasteiger partial charge >= 0.3 is 6.03 Å². The molecule has 3 aliphatic heterocycles. The predicted molar refractivity (Wildman–Crippen MR) is 70.8 cm³/mol. The number of carbonyl (C=O) groups excluding carboxylic acids is 1. The van der Waals surface area contributed by atoms with Crippen LogP contribution < -0.4 is 5.32 Å². The van der Waals surface area contributed by atoms with Crippen molar-refractivity contribution in [3.8, 4) is 0 Å². The topological polar surface area (TPSA) is 61.8 Å². The van der Waals surface area contributed by atoms with E-state index in [1.165, 1.54) is 0 Å².